The molecule has 0 saturated carbocycles. The number of nitrogens with two attached hydrogens (primary N) is 1. The van der Waals surface area contributed by atoms with Crippen LogP contribution in [0, 0.1) is 0 Å². The summed E-state index contributed by atoms with van der Waals surface area (Å²) in [6, 6.07) is 6.24. The van der Waals surface area contributed by atoms with Gasteiger partial charge in [0.15, 0.2) is 11.5 Å². The van der Waals surface area contributed by atoms with Crippen LogP contribution in [0.4, 0.5) is 0 Å². The molecule has 3 heteroatoms. The lowest BCUT2D eigenvalue weighted by molar-refractivity contribution is 0.171. The van der Waals surface area contributed by atoms with E-state index in [1.807, 2.05) is 6.07 Å². The molecule has 0 fully saturated rings. The van der Waals surface area contributed by atoms with Gasteiger partial charge in [-0.05, 0) is 42.5 Å². The van der Waals surface area contributed by atoms with Crippen LogP contribution < -0.4 is 15.2 Å². The van der Waals surface area contributed by atoms with Crippen LogP contribution >= 0.6 is 0 Å². The molecule has 17 heavy (non-hydrogen) atoms. The van der Waals surface area contributed by atoms with Crippen LogP contribution in [-0.2, 0) is 5.41 Å². The molecular formula is C14H21NO2. The highest BCUT2D eigenvalue weighted by molar-refractivity contribution is 5.45. The molecule has 1 aromatic rings. The molecule has 0 radical (unpaired) electrons. The van der Waals surface area contributed by atoms with Crippen LogP contribution in [0.25, 0.3) is 0 Å². The van der Waals surface area contributed by atoms with Crippen molar-refractivity contribution in [1.29, 1.82) is 0 Å². The smallest absolute Gasteiger partial charge is 0.161 e. The monoisotopic (exact) mass is 235 g/mol. The summed E-state index contributed by atoms with van der Waals surface area (Å²) in [6.45, 7) is 6.51. The highest BCUT2D eigenvalue weighted by Gasteiger charge is 2.22. The molecule has 1 heterocycles. The fourth-order valence-electron chi connectivity index (χ4n) is 2.15. The first-order valence-corrected chi connectivity index (χ1v) is 6.24. The van der Waals surface area contributed by atoms with Crippen molar-refractivity contribution in [3.63, 3.8) is 0 Å². The zero-order chi connectivity index (χ0) is 12.3. The largest absolute Gasteiger partial charge is 0.486 e. The lowest BCUT2D eigenvalue weighted by Gasteiger charge is -2.27. The molecule has 0 spiro atoms. The zero-order valence-corrected chi connectivity index (χ0v) is 10.7. The van der Waals surface area contributed by atoms with E-state index < -0.39 is 0 Å². The summed E-state index contributed by atoms with van der Waals surface area (Å²) in [4.78, 5) is 0. The Balaban J connectivity index is 2.20. The Morgan fingerprint density at radius 2 is 1.88 bits per heavy atom. The second kappa shape index (κ2) is 4.96. The number of fused-ring (bicyclic) bond motifs is 1. The molecule has 1 aromatic carbocycles. The van der Waals surface area contributed by atoms with E-state index in [0.717, 1.165) is 30.9 Å². The van der Waals surface area contributed by atoms with E-state index in [0.29, 0.717) is 13.2 Å². The van der Waals surface area contributed by atoms with E-state index >= 15 is 0 Å². The molecule has 0 saturated heterocycles. The van der Waals surface area contributed by atoms with Gasteiger partial charge in [0.05, 0.1) is 0 Å². The fourth-order valence-corrected chi connectivity index (χ4v) is 2.15. The van der Waals surface area contributed by atoms with Gasteiger partial charge in [0.2, 0.25) is 0 Å². The van der Waals surface area contributed by atoms with Crippen molar-refractivity contribution in [3.8, 4) is 11.5 Å². The van der Waals surface area contributed by atoms with Gasteiger partial charge in [0.25, 0.3) is 0 Å². The molecule has 0 aromatic heterocycles. The van der Waals surface area contributed by atoms with Crippen molar-refractivity contribution in [2.75, 3.05) is 19.8 Å². The summed E-state index contributed by atoms with van der Waals surface area (Å²) < 4.78 is 11.1. The minimum Gasteiger partial charge on any atom is -0.486 e. The Bertz CT molecular complexity index is 388. The van der Waals surface area contributed by atoms with Crippen LogP contribution in [-0.4, -0.2) is 19.8 Å². The number of hydrogen-bond donors (Lipinski definition) is 1. The van der Waals surface area contributed by atoms with E-state index in [-0.39, 0.29) is 5.41 Å². The fraction of sp³-hybridized carbons (Fsp3) is 0.571. The highest BCUT2D eigenvalue weighted by Crippen LogP contribution is 2.36. The number of hydrogen-bond acceptors (Lipinski definition) is 3. The van der Waals surface area contributed by atoms with Crippen molar-refractivity contribution in [2.45, 2.75) is 32.1 Å². The maximum atomic E-state index is 5.61. The third-order valence-corrected chi connectivity index (χ3v) is 3.33. The first kappa shape index (κ1) is 12.2. The summed E-state index contributed by atoms with van der Waals surface area (Å²) in [5.41, 5.74) is 7.00. The van der Waals surface area contributed by atoms with Gasteiger partial charge in [0, 0.05) is 0 Å². The maximum absolute atomic E-state index is 5.61. The van der Waals surface area contributed by atoms with Crippen LogP contribution in [0.2, 0.25) is 0 Å². The standard InChI is InChI=1S/C14H21NO2/c1-14(2,6-3-7-15)11-4-5-12-13(10-11)17-9-8-16-12/h4-5,10H,3,6-9,15H2,1-2H3. The lowest BCUT2D eigenvalue weighted by Crippen LogP contribution is -2.20. The molecule has 0 aliphatic carbocycles. The number of ether oxygens (including phenoxy) is 2. The second-order valence-corrected chi connectivity index (χ2v) is 5.13. The zero-order valence-electron chi connectivity index (χ0n) is 10.7. The summed E-state index contributed by atoms with van der Waals surface area (Å²) in [5.74, 6) is 1.73. The van der Waals surface area contributed by atoms with Gasteiger partial charge >= 0.3 is 0 Å². The van der Waals surface area contributed by atoms with Crippen molar-refractivity contribution >= 4 is 0 Å². The van der Waals surface area contributed by atoms with Gasteiger partial charge in [-0.15, -0.1) is 0 Å². The Morgan fingerprint density at radius 1 is 1.18 bits per heavy atom. The predicted molar refractivity (Wildman–Crippen MR) is 68.7 cm³/mol. The van der Waals surface area contributed by atoms with Crippen molar-refractivity contribution in [1.82, 2.24) is 0 Å². The Morgan fingerprint density at radius 3 is 2.59 bits per heavy atom. The van der Waals surface area contributed by atoms with Gasteiger partial charge in [-0.25, -0.2) is 0 Å². The quantitative estimate of drug-likeness (QED) is 0.872. The molecule has 2 rings (SSSR count). The van der Waals surface area contributed by atoms with Crippen LogP contribution in [0.3, 0.4) is 0 Å². The third-order valence-electron chi connectivity index (χ3n) is 3.33. The minimum absolute atomic E-state index is 0.134. The van der Waals surface area contributed by atoms with Crippen LogP contribution in [0.5, 0.6) is 11.5 Å². The molecule has 2 N–H and O–H groups in total. The van der Waals surface area contributed by atoms with Crippen molar-refractivity contribution in [3.05, 3.63) is 23.8 Å². The van der Waals surface area contributed by atoms with Crippen molar-refractivity contribution in [2.24, 2.45) is 5.73 Å². The number of rotatable bonds is 4. The van der Waals surface area contributed by atoms with E-state index in [9.17, 15) is 0 Å². The molecular weight excluding hydrogens is 214 g/mol. The summed E-state index contributed by atoms with van der Waals surface area (Å²) >= 11 is 0. The van der Waals surface area contributed by atoms with E-state index in [1.54, 1.807) is 0 Å². The topological polar surface area (TPSA) is 44.5 Å². The maximum Gasteiger partial charge on any atom is 0.161 e. The lowest BCUT2D eigenvalue weighted by atomic mass is 9.80. The molecule has 1 aliphatic rings. The van der Waals surface area contributed by atoms with Gasteiger partial charge < -0.3 is 15.2 Å². The van der Waals surface area contributed by atoms with E-state index in [1.165, 1.54) is 5.56 Å². The van der Waals surface area contributed by atoms with Crippen LogP contribution in [0.15, 0.2) is 18.2 Å². The molecule has 1 aliphatic heterocycles. The van der Waals surface area contributed by atoms with Gasteiger partial charge in [-0.1, -0.05) is 19.9 Å². The molecule has 0 unspecified atom stereocenters. The molecule has 0 atom stereocenters. The molecule has 0 amide bonds. The van der Waals surface area contributed by atoms with Gasteiger partial charge in [-0.2, -0.15) is 0 Å². The highest BCUT2D eigenvalue weighted by atomic mass is 16.6. The van der Waals surface area contributed by atoms with Crippen LogP contribution in [0.1, 0.15) is 32.3 Å². The van der Waals surface area contributed by atoms with Crippen molar-refractivity contribution < 1.29 is 9.47 Å². The van der Waals surface area contributed by atoms with Gasteiger partial charge in [-0.3, -0.25) is 0 Å². The minimum atomic E-state index is 0.134. The summed E-state index contributed by atoms with van der Waals surface area (Å²) in [5, 5.41) is 0. The second-order valence-electron chi connectivity index (χ2n) is 5.13. The first-order chi connectivity index (χ1) is 8.13. The average Bonchev–Trinajstić information content (AvgIpc) is 2.36. The Labute approximate surface area is 103 Å². The Kier molecular flexibility index (Phi) is 3.57. The molecule has 3 nitrogen and oxygen atoms in total. The SMILES string of the molecule is CC(C)(CCCN)c1ccc2c(c1)OCCO2. The summed E-state index contributed by atoms with van der Waals surface area (Å²) in [7, 11) is 0. The third kappa shape index (κ3) is 2.72. The Hall–Kier alpha value is -1.22. The summed E-state index contributed by atoms with van der Waals surface area (Å²) in [6.07, 6.45) is 2.13. The normalized spacial score (nSPS) is 14.8. The predicted octanol–water partition coefficient (Wildman–Crippen LogP) is 2.47. The average molecular weight is 235 g/mol. The molecule has 94 valence electrons. The molecule has 0 bridgehead atoms. The van der Waals surface area contributed by atoms with E-state index in [4.69, 9.17) is 15.2 Å². The first-order valence-electron chi connectivity index (χ1n) is 6.24. The van der Waals surface area contributed by atoms with Gasteiger partial charge in [0.1, 0.15) is 13.2 Å². The number of benzene rings is 1. The van der Waals surface area contributed by atoms with E-state index in [2.05, 4.69) is 26.0 Å².